The highest BCUT2D eigenvalue weighted by atomic mass is 35.5. The highest BCUT2D eigenvalue weighted by Crippen LogP contribution is 2.45. The first-order valence-corrected chi connectivity index (χ1v) is 7.71. The molecule has 1 saturated heterocycles. The number of alkyl halides is 3. The summed E-state index contributed by atoms with van der Waals surface area (Å²) >= 11 is 5.91. The fourth-order valence-corrected chi connectivity index (χ4v) is 3.37. The van der Waals surface area contributed by atoms with Gasteiger partial charge in [0, 0.05) is 23.9 Å². The number of benzene rings is 1. The van der Waals surface area contributed by atoms with Gasteiger partial charge in [-0.05, 0) is 48.9 Å². The normalized spacial score (nSPS) is 26.8. The van der Waals surface area contributed by atoms with E-state index in [0.29, 0.717) is 11.4 Å². The van der Waals surface area contributed by atoms with Crippen molar-refractivity contribution in [3.63, 3.8) is 0 Å². The van der Waals surface area contributed by atoms with Crippen LogP contribution in [-0.4, -0.2) is 19.3 Å². The Morgan fingerprint density at radius 2 is 1.95 bits per heavy atom. The molecule has 118 valence electrons. The Morgan fingerprint density at radius 1 is 1.29 bits per heavy atom. The van der Waals surface area contributed by atoms with E-state index >= 15 is 0 Å². The minimum Gasteiger partial charge on any atom is -0.316 e. The molecule has 0 spiro atoms. The van der Waals surface area contributed by atoms with Crippen LogP contribution in [0.2, 0.25) is 5.02 Å². The second-order valence-corrected chi connectivity index (χ2v) is 6.62. The van der Waals surface area contributed by atoms with Crippen molar-refractivity contribution in [3.8, 4) is 0 Å². The van der Waals surface area contributed by atoms with E-state index in [1.807, 2.05) is 24.3 Å². The molecule has 2 rings (SSSR count). The fraction of sp³-hybridized carbons (Fsp3) is 0.625. The van der Waals surface area contributed by atoms with Gasteiger partial charge < -0.3 is 5.32 Å². The fourth-order valence-electron chi connectivity index (χ4n) is 3.25. The van der Waals surface area contributed by atoms with Crippen molar-refractivity contribution in [3.05, 3.63) is 34.9 Å². The highest BCUT2D eigenvalue weighted by Gasteiger charge is 2.38. The van der Waals surface area contributed by atoms with Gasteiger partial charge in [-0.3, -0.25) is 0 Å². The summed E-state index contributed by atoms with van der Waals surface area (Å²) in [6.07, 6.45) is -3.05. The second kappa shape index (κ2) is 6.57. The Labute approximate surface area is 128 Å². The third-order valence-electron chi connectivity index (χ3n) is 4.54. The SMILES string of the molecule is CC1(CCCC(F)(F)F)CCNCC1c1ccc(Cl)cc1. The maximum Gasteiger partial charge on any atom is 0.389 e. The molecule has 0 amide bonds. The maximum absolute atomic E-state index is 12.4. The predicted octanol–water partition coefficient (Wildman–Crippen LogP) is 5.16. The Balaban J connectivity index is 2.08. The molecular weight excluding hydrogens is 299 g/mol. The second-order valence-electron chi connectivity index (χ2n) is 6.18. The third-order valence-corrected chi connectivity index (χ3v) is 4.80. The summed E-state index contributed by atoms with van der Waals surface area (Å²) < 4.78 is 37.1. The molecule has 21 heavy (non-hydrogen) atoms. The molecule has 1 fully saturated rings. The van der Waals surface area contributed by atoms with E-state index in [-0.39, 0.29) is 17.8 Å². The van der Waals surface area contributed by atoms with Crippen LogP contribution >= 0.6 is 11.6 Å². The summed E-state index contributed by atoms with van der Waals surface area (Å²) in [5.74, 6) is 0.233. The molecule has 0 aliphatic carbocycles. The van der Waals surface area contributed by atoms with E-state index in [0.717, 1.165) is 25.1 Å². The largest absolute Gasteiger partial charge is 0.389 e. The van der Waals surface area contributed by atoms with Crippen LogP contribution in [0.4, 0.5) is 13.2 Å². The summed E-state index contributed by atoms with van der Waals surface area (Å²) in [6.45, 7) is 3.79. The molecule has 0 saturated carbocycles. The van der Waals surface area contributed by atoms with Gasteiger partial charge in [0.25, 0.3) is 0 Å². The van der Waals surface area contributed by atoms with Crippen LogP contribution in [0, 0.1) is 5.41 Å². The lowest BCUT2D eigenvalue weighted by atomic mass is 9.66. The van der Waals surface area contributed by atoms with Crippen LogP contribution < -0.4 is 5.32 Å². The van der Waals surface area contributed by atoms with E-state index in [2.05, 4.69) is 12.2 Å². The monoisotopic (exact) mass is 319 g/mol. The van der Waals surface area contributed by atoms with E-state index in [1.54, 1.807) is 0 Å². The lowest BCUT2D eigenvalue weighted by molar-refractivity contribution is -0.137. The van der Waals surface area contributed by atoms with E-state index in [9.17, 15) is 13.2 Å². The Hall–Kier alpha value is -0.740. The van der Waals surface area contributed by atoms with Gasteiger partial charge >= 0.3 is 6.18 Å². The first kappa shape index (κ1) is 16.6. The van der Waals surface area contributed by atoms with Gasteiger partial charge in [-0.25, -0.2) is 0 Å². The number of hydrogen-bond donors (Lipinski definition) is 1. The molecule has 1 heterocycles. The summed E-state index contributed by atoms with van der Waals surface area (Å²) in [5, 5.41) is 4.04. The molecule has 0 aromatic heterocycles. The van der Waals surface area contributed by atoms with Crippen molar-refractivity contribution in [2.45, 2.75) is 44.7 Å². The number of hydrogen-bond acceptors (Lipinski definition) is 1. The molecule has 5 heteroatoms. The van der Waals surface area contributed by atoms with E-state index in [4.69, 9.17) is 11.6 Å². The first-order valence-electron chi connectivity index (χ1n) is 7.33. The zero-order valence-corrected chi connectivity index (χ0v) is 12.9. The van der Waals surface area contributed by atoms with Gasteiger partial charge in [-0.15, -0.1) is 0 Å². The lowest BCUT2D eigenvalue weighted by Gasteiger charge is -2.42. The smallest absolute Gasteiger partial charge is 0.316 e. The minimum absolute atomic E-state index is 0.0929. The van der Waals surface area contributed by atoms with Crippen LogP contribution in [0.3, 0.4) is 0 Å². The van der Waals surface area contributed by atoms with Crippen molar-refractivity contribution < 1.29 is 13.2 Å². The van der Waals surface area contributed by atoms with Crippen LogP contribution in [0.25, 0.3) is 0 Å². The topological polar surface area (TPSA) is 12.0 Å². The molecule has 1 aromatic rings. The first-order chi connectivity index (χ1) is 9.80. The third kappa shape index (κ3) is 4.62. The highest BCUT2D eigenvalue weighted by molar-refractivity contribution is 6.30. The molecule has 2 unspecified atom stereocenters. The number of halogens is 4. The molecular formula is C16H21ClF3N. The van der Waals surface area contributed by atoms with Crippen LogP contribution in [0.5, 0.6) is 0 Å². The summed E-state index contributed by atoms with van der Waals surface area (Å²) in [4.78, 5) is 0. The Bertz CT molecular complexity index is 458. The van der Waals surface area contributed by atoms with Crippen molar-refractivity contribution in [2.24, 2.45) is 5.41 Å². The van der Waals surface area contributed by atoms with Crippen LogP contribution in [0.1, 0.15) is 44.1 Å². The molecule has 1 aliphatic heterocycles. The number of nitrogens with one attached hydrogen (secondary N) is 1. The average molecular weight is 320 g/mol. The zero-order chi connectivity index (χ0) is 15.5. The molecule has 0 radical (unpaired) electrons. The Morgan fingerprint density at radius 3 is 2.57 bits per heavy atom. The van der Waals surface area contributed by atoms with E-state index in [1.165, 1.54) is 0 Å². The van der Waals surface area contributed by atoms with Crippen molar-refractivity contribution in [2.75, 3.05) is 13.1 Å². The van der Waals surface area contributed by atoms with Gasteiger partial charge in [0.1, 0.15) is 0 Å². The minimum atomic E-state index is -4.06. The van der Waals surface area contributed by atoms with Crippen LogP contribution in [-0.2, 0) is 0 Å². The van der Waals surface area contributed by atoms with Gasteiger partial charge in [0.2, 0.25) is 0 Å². The van der Waals surface area contributed by atoms with Gasteiger partial charge in [0.05, 0.1) is 0 Å². The van der Waals surface area contributed by atoms with Gasteiger partial charge in [0.15, 0.2) is 0 Å². The number of piperidine rings is 1. The maximum atomic E-state index is 12.4. The van der Waals surface area contributed by atoms with Crippen molar-refractivity contribution >= 4 is 11.6 Å². The Kier molecular flexibility index (Phi) is 5.20. The zero-order valence-electron chi connectivity index (χ0n) is 12.1. The molecule has 1 N–H and O–H groups in total. The summed E-state index contributed by atoms with van der Waals surface area (Å²) in [6, 6.07) is 7.67. The molecule has 0 bridgehead atoms. The quantitative estimate of drug-likeness (QED) is 0.808. The summed E-state index contributed by atoms with van der Waals surface area (Å²) in [5.41, 5.74) is 1.06. The number of rotatable bonds is 4. The average Bonchev–Trinajstić information content (AvgIpc) is 2.39. The molecule has 1 aromatic carbocycles. The van der Waals surface area contributed by atoms with Gasteiger partial charge in [-0.2, -0.15) is 13.2 Å². The molecule has 1 aliphatic rings. The van der Waals surface area contributed by atoms with E-state index < -0.39 is 12.6 Å². The molecule has 1 nitrogen and oxygen atoms in total. The molecule has 2 atom stereocenters. The standard InChI is InChI=1S/C16H21ClF3N/c1-15(7-2-8-16(18,19)20)9-10-21-11-14(15)12-3-5-13(17)6-4-12/h3-6,14,21H,2,7-11H2,1H3. The van der Waals surface area contributed by atoms with Crippen LogP contribution in [0.15, 0.2) is 24.3 Å². The lowest BCUT2D eigenvalue weighted by Crippen LogP contribution is -2.42. The predicted molar refractivity (Wildman–Crippen MR) is 79.7 cm³/mol. The van der Waals surface area contributed by atoms with Crippen molar-refractivity contribution in [1.82, 2.24) is 5.32 Å². The van der Waals surface area contributed by atoms with Gasteiger partial charge in [-0.1, -0.05) is 30.7 Å². The summed E-state index contributed by atoms with van der Waals surface area (Å²) in [7, 11) is 0. The van der Waals surface area contributed by atoms with Crippen molar-refractivity contribution in [1.29, 1.82) is 0 Å².